The van der Waals surface area contributed by atoms with Crippen molar-refractivity contribution >= 4 is 21.9 Å². The number of rotatable bonds is 1. The lowest BCUT2D eigenvalue weighted by Gasteiger charge is -1.97. The molecule has 0 atom stereocenters. The molecular weight excluding hydrogens is 284 g/mol. The van der Waals surface area contributed by atoms with Crippen molar-refractivity contribution in [1.29, 1.82) is 0 Å². The Balaban J connectivity index is 2.16. The first-order chi connectivity index (χ1) is 10.6. The summed E-state index contributed by atoms with van der Waals surface area (Å²) in [6.07, 6.45) is 0. The van der Waals surface area contributed by atoms with Gasteiger partial charge in [0.05, 0.1) is 0 Å². The van der Waals surface area contributed by atoms with Crippen LogP contribution in [0.15, 0.2) is 65.3 Å². The summed E-state index contributed by atoms with van der Waals surface area (Å²) in [7, 11) is 0. The van der Waals surface area contributed by atoms with Crippen LogP contribution in [-0.4, -0.2) is 0 Å². The number of benzene rings is 1. The van der Waals surface area contributed by atoms with E-state index >= 15 is 0 Å². The highest BCUT2D eigenvalue weighted by Gasteiger charge is 2.18. The van der Waals surface area contributed by atoms with Gasteiger partial charge in [0.15, 0.2) is 11.2 Å². The second kappa shape index (κ2) is 4.46. The zero-order chi connectivity index (χ0) is 15.3. The number of aryl methyl sites for hydroxylation is 1. The van der Waals surface area contributed by atoms with Crippen molar-refractivity contribution in [2.75, 3.05) is 0 Å². The quantitative estimate of drug-likeness (QED) is 0.537. The van der Waals surface area contributed by atoms with Crippen LogP contribution >= 0.6 is 0 Å². The first kappa shape index (κ1) is 12.6. The molecule has 0 aliphatic heterocycles. The summed E-state index contributed by atoms with van der Waals surface area (Å²) in [5.74, 6) is 0.866. The summed E-state index contributed by atoms with van der Waals surface area (Å²) in [6, 6.07) is 12.4. The van der Waals surface area contributed by atoms with E-state index in [0.717, 1.165) is 5.56 Å². The van der Waals surface area contributed by atoms with Crippen LogP contribution in [0.2, 0.25) is 0 Å². The monoisotopic (exact) mass is 294 g/mol. The minimum atomic E-state index is -0.585. The van der Waals surface area contributed by atoms with E-state index in [1.165, 1.54) is 6.07 Å². The molecule has 4 rings (SSSR count). The molecule has 0 unspecified atom stereocenters. The minimum Gasteiger partial charge on any atom is -0.455 e. The van der Waals surface area contributed by atoms with Gasteiger partial charge in [-0.2, -0.15) is 0 Å². The third-order valence-electron chi connectivity index (χ3n) is 3.48. The van der Waals surface area contributed by atoms with E-state index in [1.807, 2.05) is 30.3 Å². The molecule has 3 heterocycles. The van der Waals surface area contributed by atoms with Gasteiger partial charge in [0.1, 0.15) is 22.3 Å². The van der Waals surface area contributed by atoms with Gasteiger partial charge < -0.3 is 13.3 Å². The van der Waals surface area contributed by atoms with Gasteiger partial charge in [-0.3, -0.25) is 0 Å². The summed E-state index contributed by atoms with van der Waals surface area (Å²) in [5, 5.41) is 0.366. The molecule has 4 aromatic rings. The van der Waals surface area contributed by atoms with Gasteiger partial charge in [-0.15, -0.1) is 0 Å². The largest absolute Gasteiger partial charge is 0.455 e. The maximum atomic E-state index is 12.1. The molecule has 1 aromatic carbocycles. The normalized spacial score (nSPS) is 11.3. The molecule has 0 radical (unpaired) electrons. The third kappa shape index (κ3) is 1.79. The molecular formula is C17H10O5. The fourth-order valence-corrected chi connectivity index (χ4v) is 2.50. The number of furan rings is 1. The molecule has 0 aliphatic carbocycles. The molecule has 0 bridgehead atoms. The van der Waals surface area contributed by atoms with Crippen molar-refractivity contribution in [1.82, 2.24) is 0 Å². The van der Waals surface area contributed by atoms with Crippen LogP contribution in [0, 0.1) is 6.92 Å². The van der Waals surface area contributed by atoms with Crippen LogP contribution in [0.4, 0.5) is 0 Å². The molecule has 0 N–H and O–H groups in total. The van der Waals surface area contributed by atoms with Gasteiger partial charge in [-0.05, 0) is 13.0 Å². The average molecular weight is 294 g/mol. The molecule has 0 fully saturated rings. The zero-order valence-corrected chi connectivity index (χ0v) is 11.6. The first-order valence-electron chi connectivity index (χ1n) is 6.70. The summed E-state index contributed by atoms with van der Waals surface area (Å²) in [6.45, 7) is 1.61. The molecule has 108 valence electrons. The lowest BCUT2D eigenvalue weighted by molar-refractivity contribution is 0.479. The van der Waals surface area contributed by atoms with Gasteiger partial charge in [-0.1, -0.05) is 30.3 Å². The highest BCUT2D eigenvalue weighted by Crippen LogP contribution is 2.29. The Kier molecular flexibility index (Phi) is 2.56. The summed E-state index contributed by atoms with van der Waals surface area (Å²) in [5.41, 5.74) is 0.0398. The standard InChI is InChI=1S/C17H10O5/c1-9-7-13-14(17(19)20-9)15-11(16(18)22-13)8-12(21-15)10-5-3-2-4-6-10/h2-8H,1H3. The van der Waals surface area contributed by atoms with Crippen molar-refractivity contribution < 1.29 is 13.3 Å². The lowest BCUT2D eigenvalue weighted by atomic mass is 10.1. The second-order valence-electron chi connectivity index (χ2n) is 4.99. The van der Waals surface area contributed by atoms with Gasteiger partial charge >= 0.3 is 11.3 Å². The molecule has 5 heteroatoms. The average Bonchev–Trinajstić information content (AvgIpc) is 2.93. The highest BCUT2D eigenvalue weighted by atomic mass is 16.4. The Morgan fingerprint density at radius 1 is 0.864 bits per heavy atom. The van der Waals surface area contributed by atoms with Crippen LogP contribution in [0.1, 0.15) is 5.76 Å². The van der Waals surface area contributed by atoms with Gasteiger partial charge in [0.2, 0.25) is 0 Å². The van der Waals surface area contributed by atoms with E-state index in [9.17, 15) is 9.59 Å². The van der Waals surface area contributed by atoms with E-state index < -0.39 is 11.3 Å². The molecule has 0 aliphatic rings. The smallest absolute Gasteiger partial charge is 0.350 e. The maximum absolute atomic E-state index is 12.1. The molecule has 0 saturated carbocycles. The van der Waals surface area contributed by atoms with Crippen molar-refractivity contribution in [2.24, 2.45) is 0 Å². The lowest BCUT2D eigenvalue weighted by Crippen LogP contribution is -2.05. The number of hydrogen-bond acceptors (Lipinski definition) is 5. The van der Waals surface area contributed by atoms with Crippen molar-refractivity contribution in [2.45, 2.75) is 6.92 Å². The minimum absolute atomic E-state index is 0.141. The van der Waals surface area contributed by atoms with Gasteiger partial charge in [-0.25, -0.2) is 9.59 Å². The van der Waals surface area contributed by atoms with Crippen molar-refractivity contribution in [3.05, 3.63) is 69.1 Å². The van der Waals surface area contributed by atoms with Gasteiger partial charge in [0.25, 0.3) is 0 Å². The fraction of sp³-hybridized carbons (Fsp3) is 0.0588. The maximum Gasteiger partial charge on any atom is 0.350 e. The van der Waals surface area contributed by atoms with E-state index in [0.29, 0.717) is 11.5 Å². The molecule has 0 amide bonds. The second-order valence-corrected chi connectivity index (χ2v) is 4.99. The summed E-state index contributed by atoms with van der Waals surface area (Å²) in [4.78, 5) is 24.2. The highest BCUT2D eigenvalue weighted by molar-refractivity contribution is 6.01. The van der Waals surface area contributed by atoms with Crippen LogP contribution in [0.3, 0.4) is 0 Å². The Hall–Kier alpha value is -3.08. The Morgan fingerprint density at radius 2 is 1.64 bits per heavy atom. The molecule has 3 aromatic heterocycles. The third-order valence-corrected chi connectivity index (χ3v) is 3.48. The van der Waals surface area contributed by atoms with Crippen LogP contribution in [0.5, 0.6) is 0 Å². The molecule has 0 saturated heterocycles. The first-order valence-corrected chi connectivity index (χ1v) is 6.70. The van der Waals surface area contributed by atoms with Crippen LogP contribution in [0.25, 0.3) is 33.3 Å². The summed E-state index contributed by atoms with van der Waals surface area (Å²) >= 11 is 0. The number of fused-ring (bicyclic) bond motifs is 3. The Bertz CT molecular complexity index is 1110. The fourth-order valence-electron chi connectivity index (χ4n) is 2.50. The van der Waals surface area contributed by atoms with Crippen LogP contribution in [-0.2, 0) is 0 Å². The van der Waals surface area contributed by atoms with Crippen molar-refractivity contribution in [3.8, 4) is 11.3 Å². The predicted molar refractivity (Wildman–Crippen MR) is 81.0 cm³/mol. The topological polar surface area (TPSA) is 73.6 Å². The van der Waals surface area contributed by atoms with Gasteiger partial charge in [0, 0.05) is 11.6 Å². The van der Waals surface area contributed by atoms with E-state index in [-0.39, 0.29) is 21.9 Å². The Labute approximate surface area is 123 Å². The molecule has 0 spiro atoms. The number of hydrogen-bond donors (Lipinski definition) is 0. The predicted octanol–water partition coefficient (Wildman–Crippen LogP) is 3.47. The SMILES string of the molecule is Cc1cc2oc(=O)c3cc(-c4ccccc4)oc3c2c(=O)o1. The molecule has 5 nitrogen and oxygen atoms in total. The van der Waals surface area contributed by atoms with Crippen molar-refractivity contribution in [3.63, 3.8) is 0 Å². The van der Waals surface area contributed by atoms with E-state index in [1.54, 1.807) is 13.0 Å². The molecule has 22 heavy (non-hydrogen) atoms. The summed E-state index contributed by atoms with van der Waals surface area (Å²) < 4.78 is 16.0. The zero-order valence-electron chi connectivity index (χ0n) is 11.6. The van der Waals surface area contributed by atoms with E-state index in [2.05, 4.69) is 0 Å². The van der Waals surface area contributed by atoms with E-state index in [4.69, 9.17) is 13.3 Å². The van der Waals surface area contributed by atoms with Crippen LogP contribution < -0.4 is 11.3 Å². The Morgan fingerprint density at radius 3 is 2.41 bits per heavy atom.